The fraction of sp³-hybridized carbons (Fsp3) is 0.143. The number of hydrogen-bond acceptors (Lipinski definition) is 2. The van der Waals surface area contributed by atoms with Crippen molar-refractivity contribution in [1.82, 2.24) is 14.4 Å². The van der Waals surface area contributed by atoms with E-state index in [1.165, 1.54) is 5.56 Å². The van der Waals surface area contributed by atoms with Gasteiger partial charge < -0.3 is 0 Å². The fourth-order valence-electron chi connectivity index (χ4n) is 2.04. The molecule has 90 valence electrons. The molecular weight excluding hydrogens is 290 g/mol. The van der Waals surface area contributed by atoms with Crippen LogP contribution < -0.4 is 0 Å². The van der Waals surface area contributed by atoms with E-state index in [-0.39, 0.29) is 0 Å². The van der Waals surface area contributed by atoms with Gasteiger partial charge in [0.2, 0.25) is 0 Å². The van der Waals surface area contributed by atoms with Gasteiger partial charge in [-0.3, -0.25) is 9.38 Å². The van der Waals surface area contributed by atoms with Gasteiger partial charge in [-0.1, -0.05) is 30.3 Å². The van der Waals surface area contributed by atoms with Crippen molar-refractivity contribution >= 4 is 21.4 Å². The van der Waals surface area contributed by atoms with Crippen LogP contribution in [0.4, 0.5) is 0 Å². The summed E-state index contributed by atoms with van der Waals surface area (Å²) >= 11 is 3.47. The molecule has 4 heteroatoms. The molecule has 0 atom stereocenters. The molecule has 3 rings (SSSR count). The highest BCUT2D eigenvalue weighted by Gasteiger charge is 2.08. The van der Waals surface area contributed by atoms with Crippen LogP contribution in [-0.2, 0) is 12.8 Å². The molecule has 3 aromatic rings. The third-order valence-electron chi connectivity index (χ3n) is 2.95. The molecule has 0 aliphatic rings. The number of aryl methyl sites for hydroxylation is 2. The molecule has 0 saturated heterocycles. The van der Waals surface area contributed by atoms with Crippen molar-refractivity contribution < 1.29 is 0 Å². The van der Waals surface area contributed by atoms with E-state index in [4.69, 9.17) is 0 Å². The van der Waals surface area contributed by atoms with Crippen LogP contribution in [-0.4, -0.2) is 14.4 Å². The quantitative estimate of drug-likeness (QED) is 0.743. The molecule has 0 radical (unpaired) electrons. The molecule has 0 bridgehead atoms. The number of imidazole rings is 1. The maximum absolute atomic E-state index is 4.54. The van der Waals surface area contributed by atoms with Crippen molar-refractivity contribution in [1.29, 1.82) is 0 Å². The van der Waals surface area contributed by atoms with Gasteiger partial charge in [-0.05, 0) is 27.9 Å². The molecule has 0 aliphatic heterocycles. The van der Waals surface area contributed by atoms with Crippen molar-refractivity contribution in [3.05, 3.63) is 64.9 Å². The van der Waals surface area contributed by atoms with Crippen molar-refractivity contribution in [2.24, 2.45) is 0 Å². The first-order valence-electron chi connectivity index (χ1n) is 5.85. The molecule has 0 saturated carbocycles. The van der Waals surface area contributed by atoms with Gasteiger partial charge in [-0.15, -0.1) is 0 Å². The average molecular weight is 302 g/mol. The predicted octanol–water partition coefficient (Wildman–Crippen LogP) is 3.28. The zero-order valence-corrected chi connectivity index (χ0v) is 11.3. The van der Waals surface area contributed by atoms with Crippen LogP contribution >= 0.6 is 15.9 Å². The largest absolute Gasteiger partial charge is 0.300 e. The summed E-state index contributed by atoms with van der Waals surface area (Å²) in [4.78, 5) is 8.66. The van der Waals surface area contributed by atoms with E-state index < -0.39 is 0 Å². The highest BCUT2D eigenvalue weighted by molar-refractivity contribution is 9.10. The van der Waals surface area contributed by atoms with E-state index >= 15 is 0 Å². The Morgan fingerprint density at radius 2 is 1.94 bits per heavy atom. The van der Waals surface area contributed by atoms with E-state index in [1.54, 1.807) is 6.20 Å². The number of hydrogen-bond donors (Lipinski definition) is 0. The van der Waals surface area contributed by atoms with Crippen molar-refractivity contribution in [2.75, 3.05) is 0 Å². The Morgan fingerprint density at radius 1 is 1.11 bits per heavy atom. The van der Waals surface area contributed by atoms with Gasteiger partial charge >= 0.3 is 0 Å². The number of fused-ring (bicyclic) bond motifs is 1. The number of rotatable bonds is 3. The smallest absolute Gasteiger partial charge is 0.133 e. The number of halogens is 1. The van der Waals surface area contributed by atoms with Crippen LogP contribution in [0.25, 0.3) is 5.52 Å². The second kappa shape index (κ2) is 4.90. The van der Waals surface area contributed by atoms with Crippen LogP contribution in [0, 0.1) is 0 Å². The second-order valence-corrected chi connectivity index (χ2v) is 4.89. The maximum Gasteiger partial charge on any atom is 0.133 e. The van der Waals surface area contributed by atoms with E-state index in [1.807, 2.05) is 18.5 Å². The Hall–Kier alpha value is -1.68. The maximum atomic E-state index is 4.54. The predicted molar refractivity (Wildman–Crippen MR) is 74.5 cm³/mol. The molecule has 0 amide bonds. The van der Waals surface area contributed by atoms with Crippen LogP contribution in [0.15, 0.2) is 53.5 Å². The molecule has 0 unspecified atom stereocenters. The van der Waals surface area contributed by atoms with Crippen molar-refractivity contribution in [3.63, 3.8) is 0 Å². The average Bonchev–Trinajstić information content (AvgIpc) is 2.75. The Bertz CT molecular complexity index is 661. The van der Waals surface area contributed by atoms with Gasteiger partial charge in [0.1, 0.15) is 10.4 Å². The van der Waals surface area contributed by atoms with E-state index in [0.717, 1.165) is 28.8 Å². The first-order chi connectivity index (χ1) is 8.84. The minimum Gasteiger partial charge on any atom is -0.300 e. The Labute approximate surface area is 114 Å². The van der Waals surface area contributed by atoms with Gasteiger partial charge in [0.25, 0.3) is 0 Å². The summed E-state index contributed by atoms with van der Waals surface area (Å²) in [6.45, 7) is 0. The zero-order chi connectivity index (χ0) is 12.4. The standard InChI is InChI=1S/C14H12BrN3/c15-14-12-10-16-8-9-18(12)13(17-14)7-6-11-4-2-1-3-5-11/h1-5,8-10H,6-7H2. The Kier molecular flexibility index (Phi) is 3.11. The lowest BCUT2D eigenvalue weighted by Crippen LogP contribution is -1.97. The lowest BCUT2D eigenvalue weighted by atomic mass is 10.1. The molecule has 0 N–H and O–H groups in total. The second-order valence-electron chi connectivity index (χ2n) is 4.14. The van der Waals surface area contributed by atoms with E-state index in [2.05, 4.69) is 54.6 Å². The molecule has 0 aliphatic carbocycles. The highest BCUT2D eigenvalue weighted by Crippen LogP contribution is 2.18. The fourth-order valence-corrected chi connectivity index (χ4v) is 2.54. The lowest BCUT2D eigenvalue weighted by molar-refractivity contribution is 0.849. The van der Waals surface area contributed by atoms with Crippen LogP contribution in [0.3, 0.4) is 0 Å². The normalized spacial score (nSPS) is 10.9. The zero-order valence-electron chi connectivity index (χ0n) is 9.75. The summed E-state index contributed by atoms with van der Waals surface area (Å²) in [5, 5.41) is 0. The minimum atomic E-state index is 0.860. The van der Waals surface area contributed by atoms with Gasteiger partial charge in [-0.2, -0.15) is 0 Å². The van der Waals surface area contributed by atoms with Gasteiger partial charge in [0.05, 0.1) is 11.7 Å². The molecule has 18 heavy (non-hydrogen) atoms. The highest BCUT2D eigenvalue weighted by atomic mass is 79.9. The van der Waals surface area contributed by atoms with Crippen molar-refractivity contribution in [3.8, 4) is 0 Å². The van der Waals surface area contributed by atoms with Crippen LogP contribution in [0.2, 0.25) is 0 Å². The summed E-state index contributed by atoms with van der Waals surface area (Å²) in [5.41, 5.74) is 2.35. The van der Waals surface area contributed by atoms with E-state index in [0.29, 0.717) is 0 Å². The summed E-state index contributed by atoms with van der Waals surface area (Å²) < 4.78 is 2.94. The van der Waals surface area contributed by atoms with Crippen molar-refractivity contribution in [2.45, 2.75) is 12.8 Å². The Morgan fingerprint density at radius 3 is 2.78 bits per heavy atom. The third kappa shape index (κ3) is 2.16. The summed E-state index contributed by atoms with van der Waals surface area (Å²) in [6, 6.07) is 10.5. The molecule has 2 heterocycles. The monoisotopic (exact) mass is 301 g/mol. The minimum absolute atomic E-state index is 0.860. The number of nitrogens with zero attached hydrogens (tertiary/aromatic N) is 3. The van der Waals surface area contributed by atoms with Gasteiger partial charge in [-0.25, -0.2) is 4.98 Å². The SMILES string of the molecule is Brc1nc(CCc2ccccc2)n2ccncc12. The molecule has 0 fully saturated rings. The molecule has 1 aromatic carbocycles. The Balaban J connectivity index is 1.87. The number of aromatic nitrogens is 3. The number of benzene rings is 1. The van der Waals surface area contributed by atoms with Gasteiger partial charge in [0.15, 0.2) is 0 Å². The van der Waals surface area contributed by atoms with Crippen LogP contribution in [0.1, 0.15) is 11.4 Å². The van der Waals surface area contributed by atoms with E-state index in [9.17, 15) is 0 Å². The summed E-state index contributed by atoms with van der Waals surface area (Å²) in [7, 11) is 0. The molecular formula is C14H12BrN3. The van der Waals surface area contributed by atoms with Crippen LogP contribution in [0.5, 0.6) is 0 Å². The first-order valence-corrected chi connectivity index (χ1v) is 6.64. The lowest BCUT2D eigenvalue weighted by Gasteiger charge is -2.01. The molecule has 3 nitrogen and oxygen atoms in total. The summed E-state index contributed by atoms with van der Waals surface area (Å²) in [5.74, 6) is 1.06. The summed E-state index contributed by atoms with van der Waals surface area (Å²) in [6.07, 6.45) is 7.47. The van der Waals surface area contributed by atoms with Gasteiger partial charge in [0, 0.05) is 18.8 Å². The topological polar surface area (TPSA) is 30.2 Å². The molecule has 0 spiro atoms. The molecule has 2 aromatic heterocycles. The first kappa shape index (κ1) is 11.4. The third-order valence-corrected chi connectivity index (χ3v) is 3.54.